The second-order valence-corrected chi connectivity index (χ2v) is 11.9. The zero-order valence-corrected chi connectivity index (χ0v) is 24.9. The van der Waals surface area contributed by atoms with E-state index < -0.39 is 88.8 Å². The van der Waals surface area contributed by atoms with Crippen molar-refractivity contribution in [2.24, 2.45) is 17.3 Å². The van der Waals surface area contributed by atoms with Crippen molar-refractivity contribution in [3.63, 3.8) is 0 Å². The van der Waals surface area contributed by atoms with Crippen LogP contribution >= 0.6 is 0 Å². The molecule has 41 heavy (non-hydrogen) atoms. The molecule has 0 aromatic carbocycles. The average Bonchev–Trinajstić information content (AvgIpc) is 3.44. The van der Waals surface area contributed by atoms with Crippen molar-refractivity contribution < 1.29 is 52.4 Å². The summed E-state index contributed by atoms with van der Waals surface area (Å²) in [5, 5.41) is 0. The summed E-state index contributed by atoms with van der Waals surface area (Å²) < 4.78 is 35.8. The van der Waals surface area contributed by atoms with Gasteiger partial charge in [0.1, 0.15) is 24.4 Å². The lowest BCUT2D eigenvalue weighted by Gasteiger charge is -2.56. The van der Waals surface area contributed by atoms with Crippen molar-refractivity contribution >= 4 is 29.8 Å². The predicted octanol–water partition coefficient (Wildman–Crippen LogP) is 3.12. The molecule has 2 saturated heterocycles. The topological polar surface area (TPSA) is 144 Å². The molecule has 2 heterocycles. The first-order valence-electron chi connectivity index (χ1n) is 14.1. The van der Waals surface area contributed by atoms with Gasteiger partial charge in [-0.3, -0.25) is 19.2 Å². The highest BCUT2D eigenvalue weighted by Gasteiger charge is 2.87. The number of allylic oxidation sites excluding steroid dienone is 2. The first-order valence-corrected chi connectivity index (χ1v) is 14.1. The Morgan fingerprint density at radius 1 is 1.00 bits per heavy atom. The zero-order chi connectivity index (χ0) is 30.5. The largest absolute Gasteiger partial charge is 0.462 e. The Kier molecular flexibility index (Phi) is 8.16. The van der Waals surface area contributed by atoms with Gasteiger partial charge in [-0.05, 0) is 32.4 Å². The Labute approximate surface area is 239 Å². The summed E-state index contributed by atoms with van der Waals surface area (Å²) in [5.74, 6) is -4.17. The molecule has 10 atom stereocenters. The molecule has 0 unspecified atom stereocenters. The fourth-order valence-electron chi connectivity index (χ4n) is 7.13. The number of epoxide rings is 1. The smallest absolute Gasteiger partial charge is 0.342 e. The van der Waals surface area contributed by atoms with Crippen LogP contribution in [-0.2, 0) is 52.4 Å². The number of carbonyl (C=O) groups is 5. The van der Waals surface area contributed by atoms with Gasteiger partial charge in [-0.25, -0.2) is 4.79 Å². The molecule has 1 saturated carbocycles. The van der Waals surface area contributed by atoms with E-state index in [0.29, 0.717) is 12.0 Å². The van der Waals surface area contributed by atoms with Crippen LogP contribution < -0.4 is 0 Å². The van der Waals surface area contributed by atoms with E-state index in [1.165, 1.54) is 20.8 Å². The molecule has 1 spiro atoms. The summed E-state index contributed by atoms with van der Waals surface area (Å²) >= 11 is 0. The molecule has 0 aromatic heterocycles. The maximum absolute atomic E-state index is 13.1. The lowest BCUT2D eigenvalue weighted by Crippen LogP contribution is -2.66. The van der Waals surface area contributed by atoms with E-state index in [1.807, 2.05) is 13.8 Å². The Morgan fingerprint density at radius 2 is 1.63 bits per heavy atom. The fraction of sp³-hybridized carbons (Fsp3) is 0.700. The standard InChI is InChI=1S/C30H40O11/c1-9-10-24(34)39-20-14-22(37-18(5)32)28(7)21(36-17(4)31)12-11-15(2)13-23-30(29(8,41-30)27(35)40-23)26(38-19(6)33)25(28)16(20)3/h11-13,16,20-23,25-26H,9-10,14H2,1-8H3/b12-11+,15-13-/t16-,20-,21+,22-,23-,25+,26+,28+,29-,30+/m0/s1. The van der Waals surface area contributed by atoms with Crippen molar-refractivity contribution in [2.75, 3.05) is 0 Å². The van der Waals surface area contributed by atoms with Crippen LogP contribution in [0.5, 0.6) is 0 Å². The van der Waals surface area contributed by atoms with Gasteiger partial charge >= 0.3 is 29.8 Å². The van der Waals surface area contributed by atoms with E-state index in [2.05, 4.69) is 0 Å². The molecule has 226 valence electrons. The minimum Gasteiger partial charge on any atom is -0.462 e. The molecule has 11 nitrogen and oxygen atoms in total. The van der Waals surface area contributed by atoms with Crippen molar-refractivity contribution in [1.29, 1.82) is 0 Å². The van der Waals surface area contributed by atoms with Crippen LogP contribution in [0.2, 0.25) is 0 Å². The maximum Gasteiger partial charge on any atom is 0.342 e. The number of carbonyl (C=O) groups excluding carboxylic acids is 5. The lowest BCUT2D eigenvalue weighted by atomic mass is 9.53. The monoisotopic (exact) mass is 576 g/mol. The third-order valence-electron chi connectivity index (χ3n) is 9.08. The number of rotatable bonds is 6. The van der Waals surface area contributed by atoms with Gasteiger partial charge in [0.25, 0.3) is 0 Å². The number of ether oxygens (including phenoxy) is 6. The first kappa shape index (κ1) is 30.7. The number of fused-ring (bicyclic) bond motifs is 1. The highest BCUT2D eigenvalue weighted by atomic mass is 16.7. The van der Waals surface area contributed by atoms with Gasteiger partial charge in [-0.15, -0.1) is 0 Å². The van der Waals surface area contributed by atoms with Gasteiger partial charge in [-0.1, -0.05) is 32.4 Å². The second kappa shape index (κ2) is 10.9. The van der Waals surface area contributed by atoms with Crippen molar-refractivity contribution in [1.82, 2.24) is 0 Å². The van der Waals surface area contributed by atoms with Gasteiger partial charge < -0.3 is 28.4 Å². The first-order chi connectivity index (χ1) is 19.1. The van der Waals surface area contributed by atoms with E-state index in [-0.39, 0.29) is 12.8 Å². The molecule has 11 heteroatoms. The van der Waals surface area contributed by atoms with Gasteiger partial charge in [0, 0.05) is 45.4 Å². The Bertz CT molecular complexity index is 1190. The summed E-state index contributed by atoms with van der Waals surface area (Å²) in [6.07, 6.45) is 1.29. The highest BCUT2D eigenvalue weighted by Crippen LogP contribution is 2.65. The van der Waals surface area contributed by atoms with Crippen LogP contribution in [0.1, 0.15) is 74.7 Å². The third kappa shape index (κ3) is 5.06. The van der Waals surface area contributed by atoms with Gasteiger partial charge in [0.15, 0.2) is 17.3 Å². The summed E-state index contributed by atoms with van der Waals surface area (Å²) in [6.45, 7) is 12.7. The van der Waals surface area contributed by atoms with Crippen LogP contribution in [0.4, 0.5) is 0 Å². The fourth-order valence-corrected chi connectivity index (χ4v) is 7.13. The molecule has 4 aliphatic rings. The van der Waals surface area contributed by atoms with Crippen LogP contribution in [0.15, 0.2) is 23.8 Å². The van der Waals surface area contributed by atoms with Crippen LogP contribution in [0.3, 0.4) is 0 Å². The number of hydrogen-bond acceptors (Lipinski definition) is 11. The van der Waals surface area contributed by atoms with E-state index >= 15 is 0 Å². The molecule has 0 N–H and O–H groups in total. The molecule has 0 aromatic rings. The highest BCUT2D eigenvalue weighted by molar-refractivity contribution is 5.89. The van der Waals surface area contributed by atoms with Gasteiger partial charge in [-0.2, -0.15) is 0 Å². The summed E-state index contributed by atoms with van der Waals surface area (Å²) in [7, 11) is 0. The number of hydrogen-bond donors (Lipinski definition) is 0. The summed E-state index contributed by atoms with van der Waals surface area (Å²) in [5.41, 5.74) is -3.42. The predicted molar refractivity (Wildman–Crippen MR) is 142 cm³/mol. The molecular weight excluding hydrogens is 536 g/mol. The molecular formula is C30H40O11. The quantitative estimate of drug-likeness (QED) is 0.261. The van der Waals surface area contributed by atoms with Gasteiger partial charge in [0.2, 0.25) is 0 Å². The normalized spacial score (nSPS) is 43.0. The van der Waals surface area contributed by atoms with Crippen molar-refractivity contribution in [3.05, 3.63) is 23.8 Å². The minimum atomic E-state index is -1.43. The molecule has 4 rings (SSSR count). The molecule has 0 radical (unpaired) electrons. The Hall–Kier alpha value is -3.21. The zero-order valence-electron chi connectivity index (χ0n) is 24.9. The van der Waals surface area contributed by atoms with Crippen molar-refractivity contribution in [3.8, 4) is 0 Å². The molecule has 0 bridgehead atoms. The van der Waals surface area contributed by atoms with E-state index in [1.54, 1.807) is 39.0 Å². The minimum absolute atomic E-state index is 0.112. The average molecular weight is 577 g/mol. The summed E-state index contributed by atoms with van der Waals surface area (Å²) in [4.78, 5) is 63.5. The van der Waals surface area contributed by atoms with Crippen LogP contribution in [0.25, 0.3) is 0 Å². The van der Waals surface area contributed by atoms with Crippen LogP contribution in [-0.4, -0.2) is 71.6 Å². The van der Waals surface area contributed by atoms with Crippen LogP contribution in [0, 0.1) is 17.3 Å². The van der Waals surface area contributed by atoms with E-state index in [4.69, 9.17) is 28.4 Å². The maximum atomic E-state index is 13.1. The van der Waals surface area contributed by atoms with Gasteiger partial charge in [0.05, 0.1) is 5.41 Å². The molecule has 3 fully saturated rings. The summed E-state index contributed by atoms with van der Waals surface area (Å²) in [6, 6.07) is 0. The lowest BCUT2D eigenvalue weighted by molar-refractivity contribution is -0.228. The Morgan fingerprint density at radius 3 is 2.20 bits per heavy atom. The molecule has 2 aliphatic carbocycles. The van der Waals surface area contributed by atoms with E-state index in [9.17, 15) is 24.0 Å². The molecule has 0 amide bonds. The molecule has 2 aliphatic heterocycles. The van der Waals surface area contributed by atoms with Crippen molar-refractivity contribution in [2.45, 2.75) is 116 Å². The number of esters is 5. The Balaban J connectivity index is 2.00. The SMILES string of the molecule is CCCC(=O)O[C@H]1C[C@H](OC(C)=O)[C@]2(C)[C@H]([C@H]1C)[C@@H](OC(C)=O)[C@@]13O[C@@]1(C)C(=O)O[C@H]3/C=C(C)\C=C\[C@H]2OC(C)=O. The second-order valence-electron chi connectivity index (χ2n) is 11.9. The third-order valence-corrected chi connectivity index (χ3v) is 9.08. The van der Waals surface area contributed by atoms with E-state index in [0.717, 1.165) is 0 Å².